The molecule has 0 radical (unpaired) electrons. The van der Waals surface area contributed by atoms with Crippen molar-refractivity contribution in [2.45, 2.75) is 0 Å². The molecule has 2 nitrogen and oxygen atoms in total. The quantitative estimate of drug-likeness (QED) is 0.498. The molecule has 0 fully saturated rings. The van der Waals surface area contributed by atoms with Crippen molar-refractivity contribution in [3.05, 3.63) is 30.3 Å². The Morgan fingerprint density at radius 2 is 1.56 bits per heavy atom. The average Bonchev–Trinajstić information content (AvgIpc) is 1.94. The van der Waals surface area contributed by atoms with Gasteiger partial charge in [-0.25, -0.2) is 9.47 Å². The van der Waals surface area contributed by atoms with E-state index in [4.69, 9.17) is 4.89 Å². The molecule has 0 spiro atoms. The Bertz CT molecular complexity index is 143. The van der Waals surface area contributed by atoms with Crippen LogP contribution in [-0.2, 0) is 0 Å². The van der Waals surface area contributed by atoms with Crippen LogP contribution in [0, 0.1) is 0 Å². The van der Waals surface area contributed by atoms with Crippen LogP contribution in [0.2, 0.25) is 0 Å². The number of benzene rings is 1. The van der Waals surface area contributed by atoms with Crippen molar-refractivity contribution in [3.63, 3.8) is 0 Å². The van der Waals surface area contributed by atoms with Gasteiger partial charge in [0.1, 0.15) is 5.69 Å². The molecule has 1 unspecified atom stereocenters. The second-order valence-electron chi connectivity index (χ2n) is 1.49. The zero-order chi connectivity index (χ0) is 7.11. The first-order valence-electron chi connectivity index (χ1n) is 2.50. The highest BCUT2D eigenvalue weighted by molar-refractivity contribution is 7.06. The van der Waals surface area contributed by atoms with Crippen LogP contribution in [-0.4, -0.2) is 0 Å². The lowest BCUT2D eigenvalue weighted by Gasteiger charge is -1.78. The number of hydrogen-bond donors (Lipinski definition) is 1. The summed E-state index contributed by atoms with van der Waals surface area (Å²) in [7, 11) is 1.17. The fourth-order valence-corrected chi connectivity index (χ4v) is 0.478. The molecule has 0 aromatic heterocycles. The summed E-state index contributed by atoms with van der Waals surface area (Å²) in [5.74, 6) is 0. The van der Waals surface area contributed by atoms with Crippen molar-refractivity contribution >= 4 is 15.2 Å². The van der Waals surface area contributed by atoms with Gasteiger partial charge in [-0.3, -0.25) is 0 Å². The van der Waals surface area contributed by atoms with E-state index in [2.05, 4.69) is 5.73 Å². The maximum Gasteiger partial charge on any atom is 0.127 e. The molecule has 3 heteroatoms. The minimum atomic E-state index is 1.07. The molecule has 50 valence electrons. The van der Waals surface area contributed by atoms with Crippen LogP contribution in [0.4, 0.5) is 5.69 Å². The minimum Gasteiger partial charge on any atom is -0.834 e. The highest BCUT2D eigenvalue weighted by atomic mass is 31.0. The maximum atomic E-state index is 8.17. The first-order chi connectivity index (χ1) is 4.39. The first kappa shape index (κ1) is 8.57. The highest BCUT2D eigenvalue weighted by Crippen LogP contribution is 1.93. The highest BCUT2D eigenvalue weighted by Gasteiger charge is 1.77. The van der Waals surface area contributed by atoms with Crippen molar-refractivity contribution in [2.75, 3.05) is 0 Å². The van der Waals surface area contributed by atoms with Crippen LogP contribution in [0.15, 0.2) is 30.3 Å². The van der Waals surface area contributed by atoms with Gasteiger partial charge in [0.05, 0.1) is 0 Å². The van der Waals surface area contributed by atoms with E-state index in [0.29, 0.717) is 0 Å². The Labute approximate surface area is 57.0 Å². The maximum absolute atomic E-state index is 8.17. The number of rotatable bonds is 0. The smallest absolute Gasteiger partial charge is 0.127 e. The van der Waals surface area contributed by atoms with Crippen LogP contribution in [0.3, 0.4) is 0 Å². The van der Waals surface area contributed by atoms with E-state index in [-0.39, 0.29) is 0 Å². The molecule has 0 aliphatic rings. The lowest BCUT2D eigenvalue weighted by molar-refractivity contribution is -0.254. The normalized spacial score (nSPS) is 7.44. The molecule has 0 aliphatic carbocycles. The summed E-state index contributed by atoms with van der Waals surface area (Å²) in [5, 5.41) is 0. The van der Waals surface area contributed by atoms with E-state index in [0.717, 1.165) is 5.69 Å². The van der Waals surface area contributed by atoms with E-state index < -0.39 is 0 Å². The lowest BCUT2D eigenvalue weighted by atomic mass is 10.3. The van der Waals surface area contributed by atoms with Gasteiger partial charge in [-0.05, 0) is 12.1 Å². The second-order valence-corrected chi connectivity index (χ2v) is 1.49. The van der Waals surface area contributed by atoms with Gasteiger partial charge in [0.15, 0.2) is 0 Å². The molecule has 0 saturated carbocycles. The number of hydrogen-bond acceptors (Lipinski definition) is 1. The third-order valence-electron chi connectivity index (χ3n) is 0.843. The molecular weight excluding hydrogens is 133 g/mol. The van der Waals surface area contributed by atoms with Gasteiger partial charge in [-0.1, -0.05) is 18.2 Å². The zero-order valence-electron chi connectivity index (χ0n) is 5.08. The van der Waals surface area contributed by atoms with Gasteiger partial charge < -0.3 is 10.6 Å². The zero-order valence-corrected chi connectivity index (χ0v) is 6.23. The second kappa shape index (κ2) is 5.70. The summed E-state index contributed by atoms with van der Waals surface area (Å²) in [5.41, 5.74) is 4.79. The van der Waals surface area contributed by atoms with Crippen LogP contribution >= 0.6 is 9.47 Å². The van der Waals surface area contributed by atoms with Gasteiger partial charge in [0, 0.05) is 0 Å². The van der Waals surface area contributed by atoms with E-state index in [1.165, 1.54) is 9.47 Å². The average molecular weight is 143 g/mol. The van der Waals surface area contributed by atoms with Crippen molar-refractivity contribution < 1.29 is 10.6 Å². The van der Waals surface area contributed by atoms with Gasteiger partial charge >= 0.3 is 0 Å². The van der Waals surface area contributed by atoms with E-state index in [1.807, 2.05) is 30.3 Å². The molecule has 1 rings (SSSR count). The summed E-state index contributed by atoms with van der Waals surface area (Å²) < 4.78 is 0. The Hall–Kier alpha value is -0.430. The van der Waals surface area contributed by atoms with E-state index in [9.17, 15) is 0 Å². The third-order valence-corrected chi connectivity index (χ3v) is 0.843. The van der Waals surface area contributed by atoms with Gasteiger partial charge in [0.25, 0.3) is 0 Å². The minimum absolute atomic E-state index is 1.07. The number of quaternary nitrogens is 1. The largest absolute Gasteiger partial charge is 0.834 e. The molecule has 9 heavy (non-hydrogen) atoms. The Morgan fingerprint density at radius 1 is 1.11 bits per heavy atom. The molecule has 0 amide bonds. The SMILES string of the molecule is [NH3+]c1ccccc1.[O-]P. The van der Waals surface area contributed by atoms with E-state index >= 15 is 0 Å². The van der Waals surface area contributed by atoms with Gasteiger partial charge in [-0.15, -0.1) is 0 Å². The molecule has 0 heterocycles. The lowest BCUT2D eigenvalue weighted by Crippen LogP contribution is -2.39. The molecule has 0 bridgehead atoms. The van der Waals surface area contributed by atoms with Crippen molar-refractivity contribution in [1.29, 1.82) is 0 Å². The molecule has 3 N–H and O–H groups in total. The molecule has 0 aliphatic heterocycles. The first-order valence-corrected chi connectivity index (χ1v) is 2.97. The predicted octanol–water partition coefficient (Wildman–Crippen LogP) is -0.303. The van der Waals surface area contributed by atoms with Crippen molar-refractivity contribution in [2.24, 2.45) is 0 Å². The van der Waals surface area contributed by atoms with Crippen LogP contribution in [0.1, 0.15) is 0 Å². The van der Waals surface area contributed by atoms with Crippen molar-refractivity contribution in [1.82, 2.24) is 0 Å². The summed E-state index contributed by atoms with van der Waals surface area (Å²) in [4.78, 5) is 8.17. The van der Waals surface area contributed by atoms with Gasteiger partial charge in [-0.2, -0.15) is 0 Å². The summed E-state index contributed by atoms with van der Waals surface area (Å²) in [6, 6.07) is 9.87. The Balaban J connectivity index is 0.000000291. The topological polar surface area (TPSA) is 50.7 Å². The molecule has 1 aromatic carbocycles. The Kier molecular flexibility index (Phi) is 5.43. The fraction of sp³-hybridized carbons (Fsp3) is 0. The van der Waals surface area contributed by atoms with Crippen LogP contribution in [0.25, 0.3) is 0 Å². The molecule has 0 saturated heterocycles. The van der Waals surface area contributed by atoms with Crippen LogP contribution in [0.5, 0.6) is 0 Å². The predicted molar refractivity (Wildman–Crippen MR) is 38.7 cm³/mol. The monoisotopic (exact) mass is 143 g/mol. The van der Waals surface area contributed by atoms with E-state index in [1.54, 1.807) is 0 Å². The molecule has 1 aromatic rings. The summed E-state index contributed by atoms with van der Waals surface area (Å²) in [6.07, 6.45) is 0. The standard InChI is InChI=1S/C6H7N.H2OP/c7-6-4-2-1-3-5-6;1-2/h1-5H,7H2;2H2/q;-1/p+1. The third kappa shape index (κ3) is 4.10. The van der Waals surface area contributed by atoms with Crippen molar-refractivity contribution in [3.8, 4) is 0 Å². The molecule has 1 atom stereocenters. The molecular formula is C6H10NOP. The summed E-state index contributed by atoms with van der Waals surface area (Å²) in [6.45, 7) is 0. The Morgan fingerprint density at radius 3 is 1.78 bits per heavy atom. The summed E-state index contributed by atoms with van der Waals surface area (Å²) >= 11 is 0. The van der Waals surface area contributed by atoms with Crippen LogP contribution < -0.4 is 10.6 Å². The fourth-order valence-electron chi connectivity index (χ4n) is 0.478. The van der Waals surface area contributed by atoms with Gasteiger partial charge in [0.2, 0.25) is 0 Å².